The molecule has 0 saturated heterocycles. The summed E-state index contributed by atoms with van der Waals surface area (Å²) in [5.74, 6) is -0.995. The van der Waals surface area contributed by atoms with Crippen LogP contribution < -0.4 is 5.32 Å². The highest BCUT2D eigenvalue weighted by molar-refractivity contribution is 6.29. The molecule has 0 atom stereocenters. The van der Waals surface area contributed by atoms with Crippen LogP contribution in [-0.2, 0) is 6.18 Å². The van der Waals surface area contributed by atoms with E-state index in [2.05, 4.69) is 15.5 Å². The predicted octanol–water partition coefficient (Wildman–Crippen LogP) is 4.03. The standard InChI is InChI=1S/C11H6ClF4N3/c12-10-4-9(5-17-19-10)18-8-2-6(11(14,15)16)1-7(13)3-8/h1-5H,(H,18,19). The summed E-state index contributed by atoms with van der Waals surface area (Å²) in [7, 11) is 0. The number of anilines is 2. The molecule has 8 heteroatoms. The molecule has 0 saturated carbocycles. The molecule has 1 heterocycles. The zero-order valence-electron chi connectivity index (χ0n) is 9.17. The van der Waals surface area contributed by atoms with E-state index in [0.717, 1.165) is 12.1 Å². The second-order valence-corrected chi connectivity index (χ2v) is 4.01. The Hall–Kier alpha value is -1.89. The lowest BCUT2D eigenvalue weighted by Crippen LogP contribution is -2.06. The summed E-state index contributed by atoms with van der Waals surface area (Å²) in [6.45, 7) is 0. The van der Waals surface area contributed by atoms with Gasteiger partial charge in [0.15, 0.2) is 5.15 Å². The molecule has 100 valence electrons. The fraction of sp³-hybridized carbons (Fsp3) is 0.0909. The van der Waals surface area contributed by atoms with Crippen LogP contribution in [0.4, 0.5) is 28.9 Å². The van der Waals surface area contributed by atoms with Gasteiger partial charge in [0.25, 0.3) is 0 Å². The van der Waals surface area contributed by atoms with Gasteiger partial charge in [-0.05, 0) is 18.2 Å². The van der Waals surface area contributed by atoms with Gasteiger partial charge in [-0.3, -0.25) is 0 Å². The van der Waals surface area contributed by atoms with Gasteiger partial charge in [0.1, 0.15) is 5.82 Å². The zero-order valence-corrected chi connectivity index (χ0v) is 9.93. The average Bonchev–Trinajstić information content (AvgIpc) is 2.26. The van der Waals surface area contributed by atoms with Crippen molar-refractivity contribution in [2.45, 2.75) is 6.18 Å². The largest absolute Gasteiger partial charge is 0.416 e. The Morgan fingerprint density at radius 3 is 2.42 bits per heavy atom. The number of nitrogens with one attached hydrogen (secondary N) is 1. The Bertz CT molecular complexity index is 601. The van der Waals surface area contributed by atoms with Crippen LogP contribution in [0.1, 0.15) is 5.56 Å². The summed E-state index contributed by atoms with van der Waals surface area (Å²) in [6.07, 6.45) is -3.36. The Morgan fingerprint density at radius 1 is 1.05 bits per heavy atom. The molecule has 3 nitrogen and oxygen atoms in total. The van der Waals surface area contributed by atoms with Gasteiger partial charge in [0.05, 0.1) is 17.4 Å². The number of rotatable bonds is 2. The van der Waals surface area contributed by atoms with E-state index in [0.29, 0.717) is 11.8 Å². The van der Waals surface area contributed by atoms with E-state index in [1.54, 1.807) is 0 Å². The molecule has 2 aromatic rings. The molecule has 0 aliphatic carbocycles. The average molecular weight is 292 g/mol. The number of benzene rings is 1. The molecule has 0 bridgehead atoms. The number of hydrogen-bond donors (Lipinski definition) is 1. The second-order valence-electron chi connectivity index (χ2n) is 3.62. The molecule has 0 unspecified atom stereocenters. The van der Waals surface area contributed by atoms with Crippen LogP contribution in [0.2, 0.25) is 5.15 Å². The van der Waals surface area contributed by atoms with Crippen LogP contribution in [0, 0.1) is 5.82 Å². The van der Waals surface area contributed by atoms with Crippen molar-refractivity contribution in [3.05, 3.63) is 47.0 Å². The van der Waals surface area contributed by atoms with Gasteiger partial charge in [0.2, 0.25) is 0 Å². The minimum atomic E-state index is -4.62. The van der Waals surface area contributed by atoms with Gasteiger partial charge in [-0.15, -0.1) is 5.10 Å². The first-order valence-electron chi connectivity index (χ1n) is 4.97. The van der Waals surface area contributed by atoms with Crippen LogP contribution in [-0.4, -0.2) is 10.2 Å². The maximum absolute atomic E-state index is 13.1. The third-order valence-electron chi connectivity index (χ3n) is 2.14. The van der Waals surface area contributed by atoms with Crippen molar-refractivity contribution in [1.82, 2.24) is 10.2 Å². The van der Waals surface area contributed by atoms with Crippen LogP contribution >= 0.6 is 11.6 Å². The van der Waals surface area contributed by atoms with Crippen molar-refractivity contribution >= 4 is 23.0 Å². The first-order valence-corrected chi connectivity index (χ1v) is 5.35. The highest BCUT2D eigenvalue weighted by atomic mass is 35.5. The van der Waals surface area contributed by atoms with E-state index in [9.17, 15) is 17.6 Å². The molecule has 0 radical (unpaired) electrons. The van der Waals surface area contributed by atoms with Crippen LogP contribution in [0.15, 0.2) is 30.5 Å². The van der Waals surface area contributed by atoms with Gasteiger partial charge < -0.3 is 5.32 Å². The van der Waals surface area contributed by atoms with Crippen LogP contribution in [0.3, 0.4) is 0 Å². The van der Waals surface area contributed by atoms with Crippen LogP contribution in [0.25, 0.3) is 0 Å². The lowest BCUT2D eigenvalue weighted by Gasteiger charge is -2.11. The summed E-state index contributed by atoms with van der Waals surface area (Å²) >= 11 is 5.58. The number of aromatic nitrogens is 2. The maximum atomic E-state index is 13.1. The molecule has 19 heavy (non-hydrogen) atoms. The number of alkyl halides is 3. The molecule has 1 aromatic carbocycles. The van der Waals surface area contributed by atoms with Crippen molar-refractivity contribution in [3.63, 3.8) is 0 Å². The fourth-order valence-electron chi connectivity index (χ4n) is 1.40. The SMILES string of the molecule is Fc1cc(Nc2cnnc(Cl)c2)cc(C(F)(F)F)c1. The Balaban J connectivity index is 2.33. The Labute approximate surface area is 110 Å². The molecule has 0 aliphatic rings. The minimum Gasteiger partial charge on any atom is -0.354 e. The summed E-state index contributed by atoms with van der Waals surface area (Å²) in [4.78, 5) is 0. The van der Waals surface area contributed by atoms with Gasteiger partial charge >= 0.3 is 6.18 Å². The van der Waals surface area contributed by atoms with E-state index in [1.807, 2.05) is 0 Å². The van der Waals surface area contributed by atoms with Gasteiger partial charge in [-0.2, -0.15) is 18.3 Å². The summed E-state index contributed by atoms with van der Waals surface area (Å²) in [5, 5.41) is 9.63. The Morgan fingerprint density at radius 2 is 1.79 bits per heavy atom. The first kappa shape index (κ1) is 13.5. The quantitative estimate of drug-likeness (QED) is 0.849. The van der Waals surface area contributed by atoms with Crippen molar-refractivity contribution in [3.8, 4) is 0 Å². The molecule has 0 spiro atoms. The van der Waals surface area contributed by atoms with Crippen LogP contribution in [0.5, 0.6) is 0 Å². The van der Waals surface area contributed by atoms with Gasteiger partial charge in [0, 0.05) is 11.8 Å². The second kappa shape index (κ2) is 5.00. The summed E-state index contributed by atoms with van der Waals surface area (Å²) in [5.41, 5.74) is -0.835. The van der Waals surface area contributed by atoms with Crippen molar-refractivity contribution in [2.75, 3.05) is 5.32 Å². The molecule has 1 N–H and O–H groups in total. The smallest absolute Gasteiger partial charge is 0.354 e. The van der Waals surface area contributed by atoms with E-state index in [-0.39, 0.29) is 10.8 Å². The third kappa shape index (κ3) is 3.54. The normalized spacial score (nSPS) is 11.4. The highest BCUT2D eigenvalue weighted by Crippen LogP contribution is 2.32. The molecule has 0 amide bonds. The molecule has 0 aliphatic heterocycles. The summed E-state index contributed by atoms with van der Waals surface area (Å²) in [6, 6.07) is 3.50. The van der Waals surface area contributed by atoms with Gasteiger partial charge in [-0.25, -0.2) is 4.39 Å². The topological polar surface area (TPSA) is 37.8 Å². The number of halogens is 5. The van der Waals surface area contributed by atoms with Crippen molar-refractivity contribution in [1.29, 1.82) is 0 Å². The fourth-order valence-corrected chi connectivity index (χ4v) is 1.56. The lowest BCUT2D eigenvalue weighted by molar-refractivity contribution is -0.137. The van der Waals surface area contributed by atoms with E-state index in [4.69, 9.17) is 11.6 Å². The lowest BCUT2D eigenvalue weighted by atomic mass is 10.2. The Kier molecular flexibility index (Phi) is 3.57. The maximum Gasteiger partial charge on any atom is 0.416 e. The molecule has 2 rings (SSSR count). The number of nitrogens with zero attached hydrogens (tertiary/aromatic N) is 2. The highest BCUT2D eigenvalue weighted by Gasteiger charge is 2.31. The van der Waals surface area contributed by atoms with E-state index in [1.165, 1.54) is 12.3 Å². The van der Waals surface area contributed by atoms with E-state index < -0.39 is 17.6 Å². The molecule has 1 aromatic heterocycles. The first-order chi connectivity index (χ1) is 8.84. The zero-order chi connectivity index (χ0) is 14.0. The van der Waals surface area contributed by atoms with Crippen molar-refractivity contribution < 1.29 is 17.6 Å². The molecular formula is C11H6ClF4N3. The monoisotopic (exact) mass is 291 g/mol. The molecule has 0 fully saturated rings. The van der Waals surface area contributed by atoms with Crippen molar-refractivity contribution in [2.24, 2.45) is 0 Å². The number of hydrogen-bond acceptors (Lipinski definition) is 3. The van der Waals surface area contributed by atoms with Gasteiger partial charge in [-0.1, -0.05) is 11.6 Å². The minimum absolute atomic E-state index is 0.0589. The summed E-state index contributed by atoms with van der Waals surface area (Å²) < 4.78 is 50.7. The predicted molar refractivity (Wildman–Crippen MR) is 61.7 cm³/mol. The third-order valence-corrected chi connectivity index (χ3v) is 2.32. The van der Waals surface area contributed by atoms with E-state index >= 15 is 0 Å². The molecular weight excluding hydrogens is 286 g/mol.